The van der Waals surface area contributed by atoms with Crippen LogP contribution in [0.2, 0.25) is 0 Å². The number of pyridine rings is 1. The Morgan fingerprint density at radius 1 is 1.19 bits per heavy atom. The normalized spacial score (nSPS) is 14.2. The molecule has 0 bridgehead atoms. The second-order valence-corrected chi connectivity index (χ2v) is 8.22. The van der Waals surface area contributed by atoms with Crippen molar-refractivity contribution in [2.45, 2.75) is 24.8 Å². The number of thioether (sulfide) groups is 1. The number of piperidine rings is 1. The molecule has 164 valence electrons. The Balaban J connectivity index is 1.45. The fourth-order valence-electron chi connectivity index (χ4n) is 3.40. The van der Waals surface area contributed by atoms with E-state index in [1.807, 2.05) is 6.26 Å². The van der Waals surface area contributed by atoms with Crippen molar-refractivity contribution in [3.05, 3.63) is 53.5 Å². The van der Waals surface area contributed by atoms with Gasteiger partial charge in [-0.1, -0.05) is 6.07 Å². The van der Waals surface area contributed by atoms with Gasteiger partial charge in [0.05, 0.1) is 5.56 Å². The predicted octanol–water partition coefficient (Wildman–Crippen LogP) is 2.86. The Kier molecular flexibility index (Phi) is 7.62. The van der Waals surface area contributed by atoms with Crippen LogP contribution in [0.15, 0.2) is 41.6 Å². The molecule has 2 N–H and O–H groups in total. The van der Waals surface area contributed by atoms with Crippen LogP contribution in [0.5, 0.6) is 0 Å². The molecule has 2 heterocycles. The van der Waals surface area contributed by atoms with Crippen molar-refractivity contribution < 1.29 is 18.8 Å². The number of hydrogen-bond donors (Lipinski definition) is 2. The molecule has 1 aliphatic rings. The smallest absolute Gasteiger partial charge is 0.313 e. The second-order valence-electron chi connectivity index (χ2n) is 7.42. The summed E-state index contributed by atoms with van der Waals surface area (Å²) in [7, 11) is 0. The molecular weight excluding hydrogens is 419 g/mol. The van der Waals surface area contributed by atoms with Crippen LogP contribution in [0, 0.1) is 18.7 Å². The number of rotatable bonds is 5. The van der Waals surface area contributed by atoms with Crippen molar-refractivity contribution in [2.75, 3.05) is 31.2 Å². The number of benzene rings is 1. The molecule has 0 saturated carbocycles. The van der Waals surface area contributed by atoms with Gasteiger partial charge in [-0.25, -0.2) is 9.37 Å². The molecular formula is C22H25FN4O3S. The maximum atomic E-state index is 13.6. The summed E-state index contributed by atoms with van der Waals surface area (Å²) in [5.74, 6) is -1.91. The summed E-state index contributed by atoms with van der Waals surface area (Å²) in [4.78, 5) is 42.9. The summed E-state index contributed by atoms with van der Waals surface area (Å²) >= 11 is 1.44. The van der Waals surface area contributed by atoms with Gasteiger partial charge in [0.1, 0.15) is 10.8 Å². The molecule has 1 fully saturated rings. The average Bonchev–Trinajstić information content (AvgIpc) is 2.79. The van der Waals surface area contributed by atoms with Gasteiger partial charge in [0, 0.05) is 31.5 Å². The number of aryl methyl sites for hydroxylation is 1. The SMILES string of the molecule is CSc1ncccc1C(=O)N1CCC(CNC(=O)C(=O)Nc2ccc(C)c(F)c2)CC1. The van der Waals surface area contributed by atoms with E-state index in [0.29, 0.717) is 35.8 Å². The summed E-state index contributed by atoms with van der Waals surface area (Å²) in [5.41, 5.74) is 1.29. The lowest BCUT2D eigenvalue weighted by Gasteiger charge is -2.32. The molecule has 0 atom stereocenters. The lowest BCUT2D eigenvalue weighted by Crippen LogP contribution is -2.43. The summed E-state index contributed by atoms with van der Waals surface area (Å²) < 4.78 is 13.6. The third-order valence-corrected chi connectivity index (χ3v) is 6.00. The first-order valence-electron chi connectivity index (χ1n) is 10.0. The van der Waals surface area contributed by atoms with Crippen molar-refractivity contribution >= 4 is 35.2 Å². The second kappa shape index (κ2) is 10.4. The van der Waals surface area contributed by atoms with E-state index in [9.17, 15) is 18.8 Å². The highest BCUT2D eigenvalue weighted by molar-refractivity contribution is 7.98. The van der Waals surface area contributed by atoms with E-state index >= 15 is 0 Å². The molecule has 1 aromatic heterocycles. The van der Waals surface area contributed by atoms with Crippen LogP contribution in [-0.2, 0) is 9.59 Å². The van der Waals surface area contributed by atoms with Crippen LogP contribution in [0.4, 0.5) is 10.1 Å². The fourth-order valence-corrected chi connectivity index (χ4v) is 3.94. The van der Waals surface area contributed by atoms with E-state index in [4.69, 9.17) is 0 Å². The monoisotopic (exact) mass is 444 g/mol. The van der Waals surface area contributed by atoms with Crippen LogP contribution in [-0.4, -0.2) is 53.5 Å². The molecule has 31 heavy (non-hydrogen) atoms. The van der Waals surface area contributed by atoms with E-state index < -0.39 is 17.6 Å². The molecule has 1 saturated heterocycles. The summed E-state index contributed by atoms with van der Waals surface area (Å²) in [6.07, 6.45) is 5.01. The topological polar surface area (TPSA) is 91.4 Å². The molecule has 9 heteroatoms. The Morgan fingerprint density at radius 2 is 1.94 bits per heavy atom. The summed E-state index contributed by atoms with van der Waals surface area (Å²) in [6.45, 7) is 3.12. The van der Waals surface area contributed by atoms with Gasteiger partial charge in [-0.05, 0) is 61.8 Å². The van der Waals surface area contributed by atoms with Gasteiger partial charge in [0.15, 0.2) is 0 Å². The zero-order chi connectivity index (χ0) is 22.4. The van der Waals surface area contributed by atoms with Gasteiger partial charge in [0.25, 0.3) is 5.91 Å². The minimum atomic E-state index is -0.836. The standard InChI is InChI=1S/C22H25FN4O3S/c1-14-5-6-16(12-18(14)23)26-20(29)19(28)25-13-15-7-10-27(11-8-15)22(30)17-4-3-9-24-21(17)31-2/h3-6,9,12,15H,7-8,10-11,13H2,1-2H3,(H,25,28)(H,26,29). The van der Waals surface area contributed by atoms with E-state index in [1.54, 1.807) is 36.2 Å². The highest BCUT2D eigenvalue weighted by atomic mass is 32.2. The Hall–Kier alpha value is -2.94. The van der Waals surface area contributed by atoms with Crippen LogP contribution >= 0.6 is 11.8 Å². The van der Waals surface area contributed by atoms with Gasteiger partial charge in [-0.3, -0.25) is 14.4 Å². The Labute approximate surface area is 184 Å². The highest BCUT2D eigenvalue weighted by Crippen LogP contribution is 2.22. The van der Waals surface area contributed by atoms with Crippen LogP contribution in [0.25, 0.3) is 0 Å². The van der Waals surface area contributed by atoms with Gasteiger partial charge < -0.3 is 15.5 Å². The van der Waals surface area contributed by atoms with E-state index in [1.165, 1.54) is 23.9 Å². The fraction of sp³-hybridized carbons (Fsp3) is 0.364. The zero-order valence-electron chi connectivity index (χ0n) is 17.5. The number of hydrogen-bond acceptors (Lipinski definition) is 5. The molecule has 0 spiro atoms. The number of anilines is 1. The minimum absolute atomic E-state index is 0.0374. The molecule has 0 radical (unpaired) electrons. The average molecular weight is 445 g/mol. The maximum Gasteiger partial charge on any atom is 0.313 e. The number of nitrogens with one attached hydrogen (secondary N) is 2. The first-order valence-corrected chi connectivity index (χ1v) is 11.2. The first kappa shape index (κ1) is 22.7. The van der Waals surface area contributed by atoms with E-state index in [0.717, 1.165) is 12.8 Å². The van der Waals surface area contributed by atoms with Gasteiger partial charge >= 0.3 is 11.8 Å². The van der Waals surface area contributed by atoms with Crippen LogP contribution in [0.3, 0.4) is 0 Å². The van der Waals surface area contributed by atoms with Crippen LogP contribution < -0.4 is 10.6 Å². The van der Waals surface area contributed by atoms with Crippen molar-refractivity contribution in [2.24, 2.45) is 5.92 Å². The number of carbonyl (C=O) groups is 3. The number of nitrogens with zero attached hydrogens (tertiary/aromatic N) is 2. The van der Waals surface area contributed by atoms with E-state index in [-0.39, 0.29) is 17.5 Å². The first-order chi connectivity index (χ1) is 14.9. The molecule has 1 aromatic carbocycles. The predicted molar refractivity (Wildman–Crippen MR) is 117 cm³/mol. The zero-order valence-corrected chi connectivity index (χ0v) is 18.3. The van der Waals surface area contributed by atoms with Crippen molar-refractivity contribution in [1.82, 2.24) is 15.2 Å². The quantitative estimate of drug-likeness (QED) is 0.547. The molecule has 0 aliphatic carbocycles. The number of halogens is 1. The molecule has 3 rings (SSSR count). The summed E-state index contributed by atoms with van der Waals surface area (Å²) in [6, 6.07) is 7.79. The third-order valence-electron chi connectivity index (χ3n) is 5.28. The number of aromatic nitrogens is 1. The Bertz CT molecular complexity index is 977. The van der Waals surface area contributed by atoms with Crippen molar-refractivity contribution in [3.8, 4) is 0 Å². The lowest BCUT2D eigenvalue weighted by molar-refractivity contribution is -0.136. The minimum Gasteiger partial charge on any atom is -0.348 e. The van der Waals surface area contributed by atoms with Crippen molar-refractivity contribution in [1.29, 1.82) is 0 Å². The number of likely N-dealkylation sites (tertiary alicyclic amines) is 1. The molecule has 0 unspecified atom stereocenters. The number of amides is 3. The summed E-state index contributed by atoms with van der Waals surface area (Å²) in [5, 5.41) is 5.74. The highest BCUT2D eigenvalue weighted by Gasteiger charge is 2.26. The number of carbonyl (C=O) groups excluding carboxylic acids is 3. The van der Waals surface area contributed by atoms with Gasteiger partial charge in [-0.2, -0.15) is 0 Å². The molecule has 1 aliphatic heterocycles. The van der Waals surface area contributed by atoms with E-state index in [2.05, 4.69) is 15.6 Å². The molecule has 2 aromatic rings. The maximum absolute atomic E-state index is 13.6. The Morgan fingerprint density at radius 3 is 2.61 bits per heavy atom. The molecule has 3 amide bonds. The van der Waals surface area contributed by atoms with Gasteiger partial charge in [-0.15, -0.1) is 11.8 Å². The largest absolute Gasteiger partial charge is 0.348 e. The van der Waals surface area contributed by atoms with Crippen LogP contribution in [0.1, 0.15) is 28.8 Å². The van der Waals surface area contributed by atoms with Gasteiger partial charge in [0.2, 0.25) is 0 Å². The molecule has 7 nitrogen and oxygen atoms in total. The lowest BCUT2D eigenvalue weighted by atomic mass is 9.96. The third kappa shape index (κ3) is 5.81. The van der Waals surface area contributed by atoms with Crippen molar-refractivity contribution in [3.63, 3.8) is 0 Å².